The van der Waals surface area contributed by atoms with Crippen LogP contribution in [0.15, 0.2) is 36.4 Å². The maximum atomic E-state index is 12.3. The van der Waals surface area contributed by atoms with Crippen LogP contribution >= 0.6 is 0 Å². The Kier molecular flexibility index (Phi) is 7.97. The molecule has 168 valence electrons. The Bertz CT molecular complexity index is 838. The van der Waals surface area contributed by atoms with Gasteiger partial charge < -0.3 is 23.7 Å². The Hall–Kier alpha value is -2.97. The molecule has 1 aliphatic heterocycles. The fourth-order valence-corrected chi connectivity index (χ4v) is 3.58. The van der Waals surface area contributed by atoms with Crippen molar-refractivity contribution in [3.63, 3.8) is 0 Å². The van der Waals surface area contributed by atoms with Crippen LogP contribution in [0.25, 0.3) is 0 Å². The highest BCUT2D eigenvalue weighted by Gasteiger charge is 2.21. The number of esters is 1. The molecule has 8 nitrogen and oxygen atoms in total. The molecule has 0 amide bonds. The number of piperazine rings is 1. The molecule has 2 aromatic carbocycles. The number of ether oxygens (including phenoxy) is 5. The monoisotopic (exact) mass is 430 g/mol. The Labute approximate surface area is 183 Å². The van der Waals surface area contributed by atoms with Crippen molar-refractivity contribution in [1.29, 1.82) is 0 Å². The van der Waals surface area contributed by atoms with E-state index in [1.165, 1.54) is 0 Å². The third-order valence-corrected chi connectivity index (χ3v) is 5.24. The Morgan fingerprint density at radius 2 is 1.32 bits per heavy atom. The molecule has 0 aliphatic carbocycles. The van der Waals surface area contributed by atoms with Crippen molar-refractivity contribution in [2.45, 2.75) is 6.54 Å². The lowest BCUT2D eigenvalue weighted by atomic mass is 10.1. The molecule has 0 atom stereocenters. The molecule has 0 unspecified atom stereocenters. The quantitative estimate of drug-likeness (QED) is 0.444. The summed E-state index contributed by atoms with van der Waals surface area (Å²) >= 11 is 0. The van der Waals surface area contributed by atoms with E-state index in [1.54, 1.807) is 52.7 Å². The highest BCUT2D eigenvalue weighted by Crippen LogP contribution is 2.38. The van der Waals surface area contributed by atoms with E-state index >= 15 is 0 Å². The maximum absolute atomic E-state index is 12.3. The average molecular weight is 431 g/mol. The lowest BCUT2D eigenvalue weighted by molar-refractivity contribution is -0.136. The molecule has 0 aromatic heterocycles. The van der Waals surface area contributed by atoms with Crippen molar-refractivity contribution in [2.24, 2.45) is 0 Å². The van der Waals surface area contributed by atoms with Gasteiger partial charge in [-0.1, -0.05) is 0 Å². The van der Waals surface area contributed by atoms with E-state index in [4.69, 9.17) is 23.7 Å². The average Bonchev–Trinajstić information content (AvgIpc) is 2.80. The second-order valence-electron chi connectivity index (χ2n) is 7.24. The molecule has 1 aliphatic rings. The normalized spacial score (nSPS) is 14.7. The van der Waals surface area contributed by atoms with Crippen molar-refractivity contribution in [3.05, 3.63) is 42.0 Å². The van der Waals surface area contributed by atoms with Gasteiger partial charge in [-0.25, -0.2) is 0 Å². The summed E-state index contributed by atoms with van der Waals surface area (Å²) in [6, 6.07) is 10.9. The van der Waals surface area contributed by atoms with Crippen LogP contribution in [0.1, 0.15) is 5.56 Å². The van der Waals surface area contributed by atoms with E-state index in [0.717, 1.165) is 44.0 Å². The number of methoxy groups -OCH3 is 4. The van der Waals surface area contributed by atoms with Crippen LogP contribution in [0.2, 0.25) is 0 Å². The molecular weight excluding hydrogens is 400 g/mol. The SMILES string of the molecule is COc1ccc(OC(=O)CN2CCN(Cc3cc(OC)c(OC)c(OC)c3)CC2)cc1. The topological polar surface area (TPSA) is 69.7 Å². The second kappa shape index (κ2) is 10.9. The minimum atomic E-state index is -0.261. The summed E-state index contributed by atoms with van der Waals surface area (Å²) in [7, 11) is 6.43. The van der Waals surface area contributed by atoms with Gasteiger partial charge in [0.2, 0.25) is 5.75 Å². The molecular formula is C23H30N2O6. The fourth-order valence-electron chi connectivity index (χ4n) is 3.58. The molecule has 0 radical (unpaired) electrons. The summed E-state index contributed by atoms with van der Waals surface area (Å²) < 4.78 is 26.8. The first-order valence-corrected chi connectivity index (χ1v) is 10.1. The van der Waals surface area contributed by atoms with Crippen molar-refractivity contribution in [3.8, 4) is 28.7 Å². The van der Waals surface area contributed by atoms with Gasteiger partial charge in [0.25, 0.3) is 0 Å². The number of carbonyl (C=O) groups excluding carboxylic acids is 1. The molecule has 1 fully saturated rings. The van der Waals surface area contributed by atoms with Crippen LogP contribution in [0.5, 0.6) is 28.7 Å². The number of hydrogen-bond donors (Lipinski definition) is 0. The molecule has 3 rings (SSSR count). The molecule has 0 saturated carbocycles. The van der Waals surface area contributed by atoms with Crippen LogP contribution in [-0.2, 0) is 11.3 Å². The van der Waals surface area contributed by atoms with Crippen molar-refractivity contribution >= 4 is 5.97 Å². The molecule has 0 bridgehead atoms. The summed E-state index contributed by atoms with van der Waals surface area (Å²) in [6.07, 6.45) is 0. The van der Waals surface area contributed by atoms with Gasteiger partial charge >= 0.3 is 5.97 Å². The van der Waals surface area contributed by atoms with Gasteiger partial charge in [0.05, 0.1) is 35.0 Å². The Morgan fingerprint density at radius 3 is 1.84 bits per heavy atom. The molecule has 1 saturated heterocycles. The lowest BCUT2D eigenvalue weighted by Gasteiger charge is -2.34. The predicted octanol–water partition coefficient (Wildman–Crippen LogP) is 2.44. The van der Waals surface area contributed by atoms with Crippen LogP contribution in [0.4, 0.5) is 0 Å². The Morgan fingerprint density at radius 1 is 0.774 bits per heavy atom. The molecule has 31 heavy (non-hydrogen) atoms. The molecule has 1 heterocycles. The van der Waals surface area contributed by atoms with Gasteiger partial charge in [-0.3, -0.25) is 14.6 Å². The van der Waals surface area contributed by atoms with E-state index in [1.807, 2.05) is 12.1 Å². The zero-order valence-corrected chi connectivity index (χ0v) is 18.6. The Balaban J connectivity index is 1.49. The minimum absolute atomic E-state index is 0.261. The number of carbonyl (C=O) groups is 1. The fraction of sp³-hybridized carbons (Fsp3) is 0.435. The lowest BCUT2D eigenvalue weighted by Crippen LogP contribution is -2.48. The predicted molar refractivity (Wildman–Crippen MR) is 116 cm³/mol. The summed E-state index contributed by atoms with van der Waals surface area (Å²) in [5.41, 5.74) is 1.09. The first-order chi connectivity index (χ1) is 15.1. The zero-order chi connectivity index (χ0) is 22.2. The van der Waals surface area contributed by atoms with Gasteiger partial charge in [0.15, 0.2) is 11.5 Å². The first-order valence-electron chi connectivity index (χ1n) is 10.1. The van der Waals surface area contributed by atoms with Crippen molar-refractivity contribution in [2.75, 3.05) is 61.2 Å². The number of hydrogen-bond acceptors (Lipinski definition) is 8. The largest absolute Gasteiger partial charge is 0.497 e. The van der Waals surface area contributed by atoms with Crippen LogP contribution < -0.4 is 23.7 Å². The molecule has 0 spiro atoms. The van der Waals surface area contributed by atoms with E-state index in [-0.39, 0.29) is 12.5 Å². The third-order valence-electron chi connectivity index (χ3n) is 5.24. The van der Waals surface area contributed by atoms with Gasteiger partial charge in [-0.05, 0) is 42.0 Å². The van der Waals surface area contributed by atoms with E-state index < -0.39 is 0 Å². The van der Waals surface area contributed by atoms with Gasteiger partial charge in [0.1, 0.15) is 11.5 Å². The van der Waals surface area contributed by atoms with Crippen LogP contribution in [0.3, 0.4) is 0 Å². The van der Waals surface area contributed by atoms with Gasteiger partial charge in [-0.15, -0.1) is 0 Å². The van der Waals surface area contributed by atoms with Gasteiger partial charge in [0, 0.05) is 32.7 Å². The molecule has 0 N–H and O–H groups in total. The van der Waals surface area contributed by atoms with Crippen molar-refractivity contribution in [1.82, 2.24) is 9.80 Å². The second-order valence-corrected chi connectivity index (χ2v) is 7.24. The standard InChI is InChI=1S/C23H30N2O6/c1-27-18-5-7-19(8-6-18)31-22(26)16-25-11-9-24(10-12-25)15-17-13-20(28-2)23(30-4)21(14-17)29-3/h5-8,13-14H,9-12,15-16H2,1-4H3. The summed E-state index contributed by atoms with van der Waals surface area (Å²) in [5.74, 6) is 2.88. The van der Waals surface area contributed by atoms with Crippen molar-refractivity contribution < 1.29 is 28.5 Å². The highest BCUT2D eigenvalue weighted by molar-refractivity contribution is 5.74. The van der Waals surface area contributed by atoms with Crippen LogP contribution in [0, 0.1) is 0 Å². The first kappa shape index (κ1) is 22.7. The van der Waals surface area contributed by atoms with E-state index in [9.17, 15) is 4.79 Å². The van der Waals surface area contributed by atoms with Gasteiger partial charge in [-0.2, -0.15) is 0 Å². The summed E-state index contributed by atoms with van der Waals surface area (Å²) in [5, 5.41) is 0. The highest BCUT2D eigenvalue weighted by atomic mass is 16.5. The number of benzene rings is 2. The number of rotatable bonds is 9. The van der Waals surface area contributed by atoms with E-state index in [0.29, 0.717) is 23.0 Å². The maximum Gasteiger partial charge on any atom is 0.325 e. The third kappa shape index (κ3) is 6.02. The summed E-state index contributed by atoms with van der Waals surface area (Å²) in [6.45, 7) is 4.33. The van der Waals surface area contributed by atoms with Crippen LogP contribution in [-0.4, -0.2) is 76.9 Å². The molecule has 8 heteroatoms. The summed E-state index contributed by atoms with van der Waals surface area (Å²) in [4.78, 5) is 16.7. The van der Waals surface area contributed by atoms with E-state index in [2.05, 4.69) is 9.80 Å². The smallest absolute Gasteiger partial charge is 0.325 e. The minimum Gasteiger partial charge on any atom is -0.497 e. The zero-order valence-electron chi connectivity index (χ0n) is 18.6. The molecule has 2 aromatic rings. The number of nitrogens with zero attached hydrogens (tertiary/aromatic N) is 2.